The lowest BCUT2D eigenvalue weighted by molar-refractivity contribution is -0.319. The molecule has 8 heteroatoms. The minimum Gasteiger partial charge on any atom is -0.305 e. The molecule has 0 radical (unpaired) electrons. The van der Waals surface area contributed by atoms with E-state index in [1.807, 2.05) is 0 Å². The van der Waals surface area contributed by atoms with Gasteiger partial charge in [0.2, 0.25) is 0 Å². The van der Waals surface area contributed by atoms with E-state index in [-0.39, 0.29) is 12.4 Å². The van der Waals surface area contributed by atoms with Crippen LogP contribution >= 0.6 is 12.4 Å². The number of hydrogen-bond donors (Lipinski definition) is 1. The van der Waals surface area contributed by atoms with Crippen LogP contribution in [0.15, 0.2) is 0 Å². The van der Waals surface area contributed by atoms with E-state index >= 15 is 0 Å². The lowest BCUT2D eigenvalue weighted by Crippen LogP contribution is -2.66. The van der Waals surface area contributed by atoms with Gasteiger partial charge in [-0.15, -0.1) is 12.4 Å². The van der Waals surface area contributed by atoms with Gasteiger partial charge in [0.25, 0.3) is 0 Å². The summed E-state index contributed by atoms with van der Waals surface area (Å²) in [5.74, 6) is -14.6. The second kappa shape index (κ2) is 3.20. The summed E-state index contributed by atoms with van der Waals surface area (Å²) in [6.45, 7) is -2.84. The molecule has 0 saturated carbocycles. The minimum absolute atomic E-state index is 0. The van der Waals surface area contributed by atoms with Crippen molar-refractivity contribution in [2.24, 2.45) is 0 Å². The van der Waals surface area contributed by atoms with Crippen LogP contribution in [0, 0.1) is 0 Å². The van der Waals surface area contributed by atoms with E-state index in [1.165, 1.54) is 0 Å². The second-order valence-corrected chi connectivity index (χ2v) is 2.59. The molecule has 1 saturated heterocycles. The van der Waals surface area contributed by atoms with Gasteiger partial charge in [-0.3, -0.25) is 0 Å². The third-order valence-corrected chi connectivity index (χ3v) is 1.61. The van der Waals surface area contributed by atoms with Crippen molar-refractivity contribution in [3.8, 4) is 0 Å². The molecule has 0 aliphatic carbocycles. The zero-order valence-corrected chi connectivity index (χ0v) is 6.91. The van der Waals surface area contributed by atoms with E-state index in [4.69, 9.17) is 0 Å². The van der Waals surface area contributed by atoms with Crippen LogP contribution in [0.2, 0.25) is 0 Å². The largest absolute Gasteiger partial charge is 0.374 e. The Kier molecular flexibility index (Phi) is 3.16. The molecule has 1 rings (SSSR count). The van der Waals surface area contributed by atoms with E-state index < -0.39 is 30.9 Å². The third-order valence-electron chi connectivity index (χ3n) is 1.61. The molecule has 0 aromatic rings. The summed E-state index contributed by atoms with van der Waals surface area (Å²) >= 11 is 0. The van der Waals surface area contributed by atoms with Crippen LogP contribution in [0.3, 0.4) is 0 Å². The van der Waals surface area contributed by atoms with Crippen molar-refractivity contribution in [1.29, 1.82) is 0 Å². The number of nitrogens with one attached hydrogen (secondary N) is 1. The van der Waals surface area contributed by atoms with Crippen LogP contribution in [0.4, 0.5) is 26.3 Å². The Bertz CT molecular complexity index is 175. The predicted octanol–water partition coefficient (Wildman–Crippen LogP) is 1.92. The highest BCUT2D eigenvalue weighted by Gasteiger charge is 2.73. The maximum Gasteiger partial charge on any atom is 0.374 e. The van der Waals surface area contributed by atoms with E-state index in [9.17, 15) is 26.3 Å². The molecule has 1 aliphatic heterocycles. The number of piperidine rings is 1. The van der Waals surface area contributed by atoms with Crippen LogP contribution in [0.1, 0.15) is 0 Å². The first kappa shape index (κ1) is 12.8. The van der Waals surface area contributed by atoms with Gasteiger partial charge in [0.05, 0.1) is 13.1 Å². The Morgan fingerprint density at radius 3 is 1.31 bits per heavy atom. The Balaban J connectivity index is 0.00000144. The van der Waals surface area contributed by atoms with Crippen molar-refractivity contribution in [3.05, 3.63) is 0 Å². The molecule has 0 aromatic heterocycles. The SMILES string of the molecule is Cl.FC1(F)CNCC(F)(F)C1(F)F. The summed E-state index contributed by atoms with van der Waals surface area (Å²) in [5.41, 5.74) is 0. The minimum atomic E-state index is -5.26. The van der Waals surface area contributed by atoms with Gasteiger partial charge < -0.3 is 5.32 Å². The predicted molar refractivity (Wildman–Crippen MR) is 35.0 cm³/mol. The summed E-state index contributed by atoms with van der Waals surface area (Å²) in [4.78, 5) is 0. The molecule has 0 aromatic carbocycles. The Morgan fingerprint density at radius 1 is 0.769 bits per heavy atom. The van der Waals surface area contributed by atoms with E-state index in [0.717, 1.165) is 0 Å². The normalized spacial score (nSPS) is 29.1. The highest BCUT2D eigenvalue weighted by Crippen LogP contribution is 2.46. The number of rotatable bonds is 0. The van der Waals surface area contributed by atoms with Crippen molar-refractivity contribution in [1.82, 2.24) is 5.32 Å². The van der Waals surface area contributed by atoms with Gasteiger partial charge in [-0.1, -0.05) is 0 Å². The first-order valence-corrected chi connectivity index (χ1v) is 3.05. The summed E-state index contributed by atoms with van der Waals surface area (Å²) in [6.07, 6.45) is 0. The molecule has 0 amide bonds. The van der Waals surface area contributed by atoms with Gasteiger partial charge in [0.1, 0.15) is 0 Å². The second-order valence-electron chi connectivity index (χ2n) is 2.59. The average Bonchev–Trinajstić information content (AvgIpc) is 1.83. The summed E-state index contributed by atoms with van der Waals surface area (Å²) in [7, 11) is 0. The molecule has 1 heterocycles. The first-order chi connectivity index (χ1) is 5.21. The Labute approximate surface area is 75.9 Å². The van der Waals surface area contributed by atoms with Crippen molar-refractivity contribution in [2.45, 2.75) is 17.8 Å². The van der Waals surface area contributed by atoms with Crippen molar-refractivity contribution in [3.63, 3.8) is 0 Å². The Hall–Kier alpha value is -0.170. The van der Waals surface area contributed by atoms with Crippen LogP contribution in [-0.4, -0.2) is 30.9 Å². The maximum atomic E-state index is 12.2. The monoisotopic (exact) mass is 229 g/mol. The van der Waals surface area contributed by atoms with Gasteiger partial charge in [0.15, 0.2) is 0 Å². The highest BCUT2D eigenvalue weighted by atomic mass is 35.5. The van der Waals surface area contributed by atoms with E-state index in [1.54, 1.807) is 5.32 Å². The molecule has 0 atom stereocenters. The van der Waals surface area contributed by atoms with Crippen molar-refractivity contribution in [2.75, 3.05) is 13.1 Å². The summed E-state index contributed by atoms with van der Waals surface area (Å²) < 4.78 is 73.2. The molecule has 1 nitrogen and oxygen atoms in total. The van der Waals surface area contributed by atoms with Crippen LogP contribution in [-0.2, 0) is 0 Å². The summed E-state index contributed by atoms with van der Waals surface area (Å²) in [5, 5.41) is 1.54. The van der Waals surface area contributed by atoms with Crippen LogP contribution in [0.5, 0.6) is 0 Å². The van der Waals surface area contributed by atoms with Gasteiger partial charge in [-0.2, -0.15) is 26.3 Å². The van der Waals surface area contributed by atoms with Crippen molar-refractivity contribution < 1.29 is 26.3 Å². The molecular formula is C5H6ClF6N. The molecule has 0 unspecified atom stereocenters. The lowest BCUT2D eigenvalue weighted by Gasteiger charge is -2.37. The lowest BCUT2D eigenvalue weighted by atomic mass is 10.0. The van der Waals surface area contributed by atoms with Gasteiger partial charge in [-0.25, -0.2) is 0 Å². The smallest absolute Gasteiger partial charge is 0.305 e. The number of halogens is 7. The van der Waals surface area contributed by atoms with E-state index in [2.05, 4.69) is 0 Å². The number of alkyl halides is 6. The number of hydrogen-bond acceptors (Lipinski definition) is 1. The maximum absolute atomic E-state index is 12.2. The van der Waals surface area contributed by atoms with Gasteiger partial charge >= 0.3 is 17.8 Å². The topological polar surface area (TPSA) is 12.0 Å². The van der Waals surface area contributed by atoms with Crippen molar-refractivity contribution >= 4 is 12.4 Å². The average molecular weight is 230 g/mol. The van der Waals surface area contributed by atoms with Gasteiger partial charge in [0, 0.05) is 0 Å². The molecule has 1 aliphatic rings. The molecule has 1 fully saturated rings. The zero-order chi connectivity index (χ0) is 9.62. The first-order valence-electron chi connectivity index (χ1n) is 3.05. The fourth-order valence-electron chi connectivity index (χ4n) is 0.866. The standard InChI is InChI=1S/C5H5F6N.ClH/c6-3(7)1-12-2-4(8,9)5(3,10)11;/h12H,1-2H2;1H. The summed E-state index contributed by atoms with van der Waals surface area (Å²) in [6, 6.07) is 0. The molecular weight excluding hydrogens is 224 g/mol. The van der Waals surface area contributed by atoms with Crippen LogP contribution in [0.25, 0.3) is 0 Å². The molecule has 1 N–H and O–H groups in total. The van der Waals surface area contributed by atoms with Gasteiger partial charge in [-0.05, 0) is 0 Å². The fraction of sp³-hybridized carbons (Fsp3) is 1.00. The van der Waals surface area contributed by atoms with Crippen LogP contribution < -0.4 is 5.32 Å². The molecule has 80 valence electrons. The fourth-order valence-corrected chi connectivity index (χ4v) is 0.866. The zero-order valence-electron chi connectivity index (χ0n) is 6.09. The molecule has 13 heavy (non-hydrogen) atoms. The molecule has 0 bridgehead atoms. The molecule has 0 spiro atoms. The quantitative estimate of drug-likeness (QED) is 0.626. The highest BCUT2D eigenvalue weighted by molar-refractivity contribution is 5.85. The third kappa shape index (κ3) is 1.71. The Morgan fingerprint density at radius 2 is 1.08 bits per heavy atom. The van der Waals surface area contributed by atoms with E-state index in [0.29, 0.717) is 0 Å².